The molecule has 2 N–H and O–H groups in total. The number of nitrogens with zero attached hydrogens (tertiary/aromatic N) is 2. The minimum atomic E-state index is -0.0109. The lowest BCUT2D eigenvalue weighted by Gasteiger charge is -2.20. The zero-order chi connectivity index (χ0) is 17.7. The predicted octanol–water partition coefficient (Wildman–Crippen LogP) is 3.69. The maximum Gasteiger partial charge on any atom is 0.265 e. The number of amides is 1. The quantitative estimate of drug-likeness (QED) is 0.791. The molecule has 2 rings (SSSR count). The van der Waals surface area contributed by atoms with Gasteiger partial charge in [-0.25, -0.2) is 4.98 Å². The highest BCUT2D eigenvalue weighted by Gasteiger charge is 2.17. The first-order valence-corrected chi connectivity index (χ1v) is 8.85. The molecule has 0 aliphatic rings. The van der Waals surface area contributed by atoms with Crippen molar-refractivity contribution in [2.45, 2.75) is 26.3 Å². The van der Waals surface area contributed by atoms with Gasteiger partial charge in [0.1, 0.15) is 15.6 Å². The van der Waals surface area contributed by atoms with Crippen molar-refractivity contribution in [2.75, 3.05) is 20.7 Å². The fourth-order valence-corrected chi connectivity index (χ4v) is 3.12. The Hall–Kier alpha value is -1.63. The summed E-state index contributed by atoms with van der Waals surface area (Å²) in [5, 5.41) is 0.827. The average Bonchev–Trinajstić information content (AvgIpc) is 3.08. The molecule has 1 aromatic heterocycles. The third-order valence-corrected chi connectivity index (χ3v) is 5.09. The predicted molar refractivity (Wildman–Crippen MR) is 106 cm³/mol. The highest BCUT2D eigenvalue weighted by Crippen LogP contribution is 2.27. The number of methoxy groups -OCH3 is 1. The van der Waals surface area contributed by atoms with Gasteiger partial charge in [-0.2, -0.15) is 0 Å². The molecule has 1 atom stereocenters. The summed E-state index contributed by atoms with van der Waals surface area (Å²) in [6, 6.07) is 7.76. The summed E-state index contributed by atoms with van der Waals surface area (Å²) in [6.45, 7) is 4.83. The van der Waals surface area contributed by atoms with Gasteiger partial charge in [-0.1, -0.05) is 13.8 Å². The smallest absolute Gasteiger partial charge is 0.265 e. The molecule has 0 aliphatic carbocycles. The Labute approximate surface area is 159 Å². The molecule has 0 fully saturated rings. The van der Waals surface area contributed by atoms with E-state index in [2.05, 4.69) is 18.8 Å². The molecule has 0 spiro atoms. The highest BCUT2D eigenvalue weighted by atomic mass is 35.5. The van der Waals surface area contributed by atoms with Crippen molar-refractivity contribution in [3.63, 3.8) is 0 Å². The van der Waals surface area contributed by atoms with E-state index in [0.717, 1.165) is 22.7 Å². The Balaban J connectivity index is 0.00000312. The third kappa shape index (κ3) is 5.70. The molecular weight excluding hydrogens is 358 g/mol. The van der Waals surface area contributed by atoms with Crippen molar-refractivity contribution in [1.29, 1.82) is 0 Å². The van der Waals surface area contributed by atoms with Crippen molar-refractivity contribution >= 4 is 29.7 Å². The maximum absolute atomic E-state index is 12.5. The van der Waals surface area contributed by atoms with Gasteiger partial charge in [-0.3, -0.25) is 4.79 Å². The number of hydrogen-bond acceptors (Lipinski definition) is 5. The van der Waals surface area contributed by atoms with E-state index < -0.39 is 0 Å². The van der Waals surface area contributed by atoms with E-state index in [1.165, 1.54) is 11.3 Å². The maximum atomic E-state index is 12.5. The number of thiazole rings is 1. The lowest BCUT2D eigenvalue weighted by Crippen LogP contribution is -2.34. The second-order valence-electron chi connectivity index (χ2n) is 6.18. The van der Waals surface area contributed by atoms with E-state index in [-0.39, 0.29) is 24.4 Å². The van der Waals surface area contributed by atoms with Crippen LogP contribution in [0.15, 0.2) is 30.5 Å². The van der Waals surface area contributed by atoms with E-state index in [0.29, 0.717) is 17.3 Å². The van der Waals surface area contributed by atoms with E-state index in [4.69, 9.17) is 10.5 Å². The molecule has 0 radical (unpaired) electrons. The monoisotopic (exact) mass is 383 g/mol. The molecule has 0 bridgehead atoms. The number of ether oxygens (including phenoxy) is 1. The summed E-state index contributed by atoms with van der Waals surface area (Å²) in [7, 11) is 3.44. The summed E-state index contributed by atoms with van der Waals surface area (Å²) in [4.78, 5) is 19.2. The molecule has 5 nitrogen and oxygen atoms in total. The Morgan fingerprint density at radius 1 is 1.32 bits per heavy atom. The lowest BCUT2D eigenvalue weighted by molar-refractivity contribution is 0.0793. The summed E-state index contributed by atoms with van der Waals surface area (Å²) >= 11 is 1.40. The Bertz CT molecular complexity index is 673. The van der Waals surface area contributed by atoms with Crippen LogP contribution in [0.25, 0.3) is 10.6 Å². The fraction of sp³-hybridized carbons (Fsp3) is 0.444. The number of nitrogens with two attached hydrogens (primary N) is 1. The highest BCUT2D eigenvalue weighted by molar-refractivity contribution is 7.16. The van der Waals surface area contributed by atoms with Gasteiger partial charge in [-0.15, -0.1) is 23.7 Å². The molecular formula is C18H26ClN3O2S. The van der Waals surface area contributed by atoms with Gasteiger partial charge >= 0.3 is 0 Å². The minimum Gasteiger partial charge on any atom is -0.497 e. The third-order valence-electron chi connectivity index (χ3n) is 4.05. The number of halogens is 1. The van der Waals surface area contributed by atoms with Gasteiger partial charge in [0.2, 0.25) is 0 Å². The van der Waals surface area contributed by atoms with Crippen LogP contribution in [0.4, 0.5) is 0 Å². The lowest BCUT2D eigenvalue weighted by atomic mass is 10.0. The topological polar surface area (TPSA) is 68.5 Å². The summed E-state index contributed by atoms with van der Waals surface area (Å²) in [5.74, 6) is 1.20. The molecule has 1 amide bonds. The zero-order valence-electron chi connectivity index (χ0n) is 15.1. The molecule has 1 heterocycles. The first-order valence-electron chi connectivity index (χ1n) is 8.03. The molecule has 0 aliphatic heterocycles. The summed E-state index contributed by atoms with van der Waals surface area (Å²) in [6.07, 6.45) is 2.44. The van der Waals surface area contributed by atoms with Crippen LogP contribution in [0.5, 0.6) is 5.75 Å². The fourth-order valence-electron chi connectivity index (χ4n) is 2.21. The van der Waals surface area contributed by atoms with E-state index in [9.17, 15) is 4.79 Å². The van der Waals surface area contributed by atoms with Crippen LogP contribution in [0.3, 0.4) is 0 Å². The molecule has 0 saturated carbocycles. The first kappa shape index (κ1) is 21.4. The number of carbonyl (C=O) groups is 1. The second kappa shape index (κ2) is 9.75. The standard InChI is InChI=1S/C18H25N3O2S.ClH/c1-12(2)15(19)9-10-21(3)18(22)16-11-20-17(24-16)13-5-7-14(23-4)8-6-13;/h5-8,11-12,15H,9-10,19H2,1-4H3;1H. The average molecular weight is 384 g/mol. The first-order chi connectivity index (χ1) is 11.4. The number of rotatable bonds is 7. The molecule has 25 heavy (non-hydrogen) atoms. The zero-order valence-corrected chi connectivity index (χ0v) is 16.7. The van der Waals surface area contributed by atoms with E-state index in [1.54, 1.807) is 18.2 Å². The van der Waals surface area contributed by atoms with Crippen LogP contribution in [0, 0.1) is 5.92 Å². The van der Waals surface area contributed by atoms with Gasteiger partial charge in [0.05, 0.1) is 13.3 Å². The summed E-state index contributed by atoms with van der Waals surface area (Å²) in [5.41, 5.74) is 7.03. The molecule has 7 heteroatoms. The number of hydrogen-bond donors (Lipinski definition) is 1. The van der Waals surface area contributed by atoms with Crippen molar-refractivity contribution in [3.05, 3.63) is 35.3 Å². The van der Waals surface area contributed by atoms with Crippen LogP contribution in [-0.4, -0.2) is 42.5 Å². The Morgan fingerprint density at radius 2 is 1.96 bits per heavy atom. The normalized spacial score (nSPS) is 11.8. The van der Waals surface area contributed by atoms with Gasteiger partial charge in [0.25, 0.3) is 5.91 Å². The van der Waals surface area contributed by atoms with Crippen molar-refractivity contribution in [1.82, 2.24) is 9.88 Å². The van der Waals surface area contributed by atoms with Gasteiger partial charge in [0.15, 0.2) is 0 Å². The van der Waals surface area contributed by atoms with Crippen molar-refractivity contribution < 1.29 is 9.53 Å². The molecule has 1 unspecified atom stereocenters. The largest absolute Gasteiger partial charge is 0.497 e. The van der Waals surface area contributed by atoms with E-state index >= 15 is 0 Å². The van der Waals surface area contributed by atoms with Gasteiger partial charge in [-0.05, 0) is 36.6 Å². The molecule has 2 aromatic rings. The van der Waals surface area contributed by atoms with Crippen LogP contribution in [0.1, 0.15) is 29.9 Å². The van der Waals surface area contributed by atoms with Crippen molar-refractivity contribution in [2.24, 2.45) is 11.7 Å². The minimum absolute atomic E-state index is 0. The van der Waals surface area contributed by atoms with Crippen LogP contribution in [-0.2, 0) is 0 Å². The van der Waals surface area contributed by atoms with Crippen LogP contribution < -0.4 is 10.5 Å². The second-order valence-corrected chi connectivity index (χ2v) is 7.21. The van der Waals surface area contributed by atoms with Gasteiger partial charge < -0.3 is 15.4 Å². The van der Waals surface area contributed by atoms with Gasteiger partial charge in [0, 0.05) is 25.2 Å². The SMILES string of the molecule is COc1ccc(-c2ncc(C(=O)N(C)CCC(N)C(C)C)s2)cc1.Cl. The Kier molecular flexibility index (Phi) is 8.35. The number of aromatic nitrogens is 1. The summed E-state index contributed by atoms with van der Waals surface area (Å²) < 4.78 is 5.15. The van der Waals surface area contributed by atoms with Crippen LogP contribution in [0.2, 0.25) is 0 Å². The van der Waals surface area contributed by atoms with E-state index in [1.807, 2.05) is 31.3 Å². The number of benzene rings is 1. The molecule has 138 valence electrons. The van der Waals surface area contributed by atoms with Crippen molar-refractivity contribution in [3.8, 4) is 16.3 Å². The number of carbonyl (C=O) groups excluding carboxylic acids is 1. The molecule has 0 saturated heterocycles. The molecule has 1 aromatic carbocycles. The Morgan fingerprint density at radius 3 is 2.52 bits per heavy atom. The van der Waals surface area contributed by atoms with Crippen LogP contribution >= 0.6 is 23.7 Å².